The minimum Gasteiger partial charge on any atom is -0.497 e. The summed E-state index contributed by atoms with van der Waals surface area (Å²) in [7, 11) is 3.17. The van der Waals surface area contributed by atoms with E-state index in [0.717, 1.165) is 11.1 Å². The lowest BCUT2D eigenvalue weighted by Gasteiger charge is -2.20. The minimum atomic E-state index is -0.504. The van der Waals surface area contributed by atoms with Crippen molar-refractivity contribution in [2.45, 2.75) is 18.9 Å². The average Bonchev–Trinajstić information content (AvgIpc) is 3.44. The fraction of sp³-hybridized carbons (Fsp3) is 0.269. The first kappa shape index (κ1) is 25.8. The molecule has 9 heteroatoms. The predicted octanol–water partition coefficient (Wildman–Crippen LogP) is 3.72. The zero-order valence-corrected chi connectivity index (χ0v) is 20.4. The van der Waals surface area contributed by atoms with Gasteiger partial charge in [-0.2, -0.15) is 11.3 Å². The molecule has 35 heavy (non-hydrogen) atoms. The Kier molecular flexibility index (Phi) is 9.68. The quantitative estimate of drug-likeness (QED) is 0.293. The van der Waals surface area contributed by atoms with Crippen LogP contribution in [0.5, 0.6) is 11.5 Å². The molecule has 2 aromatic carbocycles. The smallest absolute Gasteiger partial charge is 0.306 e. The van der Waals surface area contributed by atoms with Gasteiger partial charge in [0, 0.05) is 23.9 Å². The zero-order valence-electron chi connectivity index (χ0n) is 19.6. The Morgan fingerprint density at radius 2 is 1.49 bits per heavy atom. The monoisotopic (exact) mass is 496 g/mol. The Morgan fingerprint density at radius 3 is 2.00 bits per heavy atom. The van der Waals surface area contributed by atoms with E-state index in [2.05, 4.69) is 10.6 Å². The maximum atomic E-state index is 12.6. The molecule has 0 aliphatic heterocycles. The van der Waals surface area contributed by atoms with Gasteiger partial charge in [0.1, 0.15) is 11.5 Å². The molecule has 0 saturated carbocycles. The van der Waals surface area contributed by atoms with Crippen molar-refractivity contribution in [2.24, 2.45) is 0 Å². The first-order chi connectivity index (χ1) is 17.0. The molecule has 1 aromatic heterocycles. The van der Waals surface area contributed by atoms with E-state index >= 15 is 0 Å². The SMILES string of the molecule is COc1ccc(C(NC(=O)COC(=O)CCCNC(=O)c2ccsc2)c2ccc(OC)cc2)cc1. The number of hydrogen-bond donors (Lipinski definition) is 2. The number of esters is 1. The highest BCUT2D eigenvalue weighted by Crippen LogP contribution is 2.26. The number of nitrogens with one attached hydrogen (secondary N) is 2. The second-order valence-corrected chi connectivity index (χ2v) is 8.36. The van der Waals surface area contributed by atoms with Gasteiger partial charge in [-0.1, -0.05) is 24.3 Å². The van der Waals surface area contributed by atoms with Gasteiger partial charge in [0.15, 0.2) is 6.61 Å². The lowest BCUT2D eigenvalue weighted by molar-refractivity contribution is -0.148. The molecule has 3 aromatic rings. The molecular formula is C26H28N2O6S. The van der Waals surface area contributed by atoms with Crippen LogP contribution in [0.2, 0.25) is 0 Å². The Bertz CT molecular complexity index is 1050. The van der Waals surface area contributed by atoms with Crippen LogP contribution in [0.1, 0.15) is 40.4 Å². The van der Waals surface area contributed by atoms with E-state index in [0.29, 0.717) is 30.0 Å². The number of ether oxygens (including phenoxy) is 3. The topological polar surface area (TPSA) is 103 Å². The third-order valence-electron chi connectivity index (χ3n) is 5.19. The summed E-state index contributed by atoms with van der Waals surface area (Å²) in [5.41, 5.74) is 2.28. The van der Waals surface area contributed by atoms with Crippen LogP contribution in [-0.2, 0) is 14.3 Å². The first-order valence-corrected chi connectivity index (χ1v) is 12.0. The van der Waals surface area contributed by atoms with Gasteiger partial charge in [-0.05, 0) is 53.3 Å². The van der Waals surface area contributed by atoms with Gasteiger partial charge in [-0.3, -0.25) is 14.4 Å². The highest BCUT2D eigenvalue weighted by atomic mass is 32.1. The van der Waals surface area contributed by atoms with Crippen LogP contribution >= 0.6 is 11.3 Å². The lowest BCUT2D eigenvalue weighted by atomic mass is 9.98. The summed E-state index contributed by atoms with van der Waals surface area (Å²) in [6.07, 6.45) is 0.508. The third kappa shape index (κ3) is 7.86. The van der Waals surface area contributed by atoms with Gasteiger partial charge in [0.05, 0.1) is 20.3 Å². The molecule has 0 atom stereocenters. The normalized spacial score (nSPS) is 10.5. The van der Waals surface area contributed by atoms with Crippen LogP contribution in [-0.4, -0.2) is 45.2 Å². The maximum Gasteiger partial charge on any atom is 0.306 e. The molecule has 0 aliphatic carbocycles. The van der Waals surface area contributed by atoms with Crippen LogP contribution in [0.25, 0.3) is 0 Å². The fourth-order valence-corrected chi connectivity index (χ4v) is 3.94. The molecule has 0 saturated heterocycles. The van der Waals surface area contributed by atoms with Crippen molar-refractivity contribution >= 4 is 29.1 Å². The number of hydrogen-bond acceptors (Lipinski definition) is 7. The van der Waals surface area contributed by atoms with Crippen molar-refractivity contribution < 1.29 is 28.6 Å². The summed E-state index contributed by atoms with van der Waals surface area (Å²) in [5.74, 6) is 0.293. The molecule has 1 heterocycles. The molecule has 2 amide bonds. The Morgan fingerprint density at radius 1 is 0.886 bits per heavy atom. The van der Waals surface area contributed by atoms with Crippen LogP contribution in [0, 0.1) is 0 Å². The maximum absolute atomic E-state index is 12.6. The highest BCUT2D eigenvalue weighted by molar-refractivity contribution is 7.08. The number of rotatable bonds is 12. The van der Waals surface area contributed by atoms with Crippen molar-refractivity contribution in [1.29, 1.82) is 0 Å². The van der Waals surface area contributed by atoms with E-state index in [1.54, 1.807) is 25.7 Å². The second-order valence-electron chi connectivity index (χ2n) is 7.58. The van der Waals surface area contributed by atoms with E-state index < -0.39 is 24.5 Å². The fourth-order valence-electron chi connectivity index (χ4n) is 3.30. The van der Waals surface area contributed by atoms with Crippen LogP contribution in [0.3, 0.4) is 0 Å². The highest BCUT2D eigenvalue weighted by Gasteiger charge is 2.18. The standard InChI is InChI=1S/C26H28N2O6S/c1-32-21-9-5-18(6-10-21)25(19-7-11-22(33-2)12-8-19)28-23(29)16-34-24(30)4-3-14-27-26(31)20-13-15-35-17-20/h5-13,15,17,25H,3-4,14,16H2,1-2H3,(H,27,31)(H,28,29). The summed E-state index contributed by atoms with van der Waals surface area (Å²) in [6, 6.07) is 16.0. The molecule has 8 nitrogen and oxygen atoms in total. The van der Waals surface area contributed by atoms with Gasteiger partial charge >= 0.3 is 5.97 Å². The molecule has 0 spiro atoms. The van der Waals surface area contributed by atoms with Crippen LogP contribution in [0.4, 0.5) is 0 Å². The Hall–Kier alpha value is -3.85. The summed E-state index contributed by atoms with van der Waals surface area (Å²) in [6.45, 7) is -0.0596. The van der Waals surface area contributed by atoms with E-state index in [9.17, 15) is 14.4 Å². The summed E-state index contributed by atoms with van der Waals surface area (Å²) >= 11 is 1.44. The molecule has 0 fully saturated rings. The number of benzene rings is 2. The van der Waals surface area contributed by atoms with Crippen LogP contribution < -0.4 is 20.1 Å². The summed E-state index contributed by atoms with van der Waals surface area (Å²) < 4.78 is 15.6. The van der Waals surface area contributed by atoms with Crippen molar-refractivity contribution in [3.63, 3.8) is 0 Å². The zero-order chi connectivity index (χ0) is 25.0. The largest absolute Gasteiger partial charge is 0.497 e. The lowest BCUT2D eigenvalue weighted by Crippen LogP contribution is -2.33. The Balaban J connectivity index is 1.50. The molecule has 3 rings (SSSR count). The van der Waals surface area contributed by atoms with E-state index in [1.165, 1.54) is 11.3 Å². The first-order valence-electron chi connectivity index (χ1n) is 11.0. The predicted molar refractivity (Wildman–Crippen MR) is 133 cm³/mol. The van der Waals surface area contributed by atoms with Gasteiger partial charge < -0.3 is 24.8 Å². The molecular weight excluding hydrogens is 468 g/mol. The number of amides is 2. The summed E-state index contributed by atoms with van der Waals surface area (Å²) in [5, 5.41) is 9.25. The molecule has 0 unspecified atom stereocenters. The molecule has 0 aliphatic rings. The van der Waals surface area contributed by atoms with Gasteiger partial charge in [0.2, 0.25) is 0 Å². The molecule has 2 N–H and O–H groups in total. The number of carbonyl (C=O) groups excluding carboxylic acids is 3. The number of methoxy groups -OCH3 is 2. The minimum absolute atomic E-state index is 0.0948. The van der Waals surface area contributed by atoms with Gasteiger partial charge in [0.25, 0.3) is 11.8 Å². The van der Waals surface area contributed by atoms with Gasteiger partial charge in [-0.25, -0.2) is 0 Å². The number of thiophene rings is 1. The molecule has 0 bridgehead atoms. The van der Waals surface area contributed by atoms with E-state index in [-0.39, 0.29) is 12.3 Å². The molecule has 184 valence electrons. The number of carbonyl (C=O) groups is 3. The van der Waals surface area contributed by atoms with Crippen molar-refractivity contribution in [3.8, 4) is 11.5 Å². The second kappa shape index (κ2) is 13.1. The van der Waals surface area contributed by atoms with Gasteiger partial charge in [-0.15, -0.1) is 0 Å². The van der Waals surface area contributed by atoms with Crippen molar-refractivity contribution in [1.82, 2.24) is 10.6 Å². The Labute approximate surface area is 208 Å². The molecule has 0 radical (unpaired) electrons. The van der Waals surface area contributed by atoms with Crippen LogP contribution in [0.15, 0.2) is 65.4 Å². The van der Waals surface area contributed by atoms with E-state index in [1.807, 2.05) is 53.9 Å². The average molecular weight is 497 g/mol. The van der Waals surface area contributed by atoms with Crippen molar-refractivity contribution in [2.75, 3.05) is 27.4 Å². The summed E-state index contributed by atoms with van der Waals surface area (Å²) in [4.78, 5) is 36.5. The third-order valence-corrected chi connectivity index (χ3v) is 5.88. The van der Waals surface area contributed by atoms with Crippen molar-refractivity contribution in [3.05, 3.63) is 82.0 Å². The van der Waals surface area contributed by atoms with E-state index in [4.69, 9.17) is 14.2 Å².